The van der Waals surface area contributed by atoms with Crippen molar-refractivity contribution in [2.75, 3.05) is 6.54 Å². The summed E-state index contributed by atoms with van der Waals surface area (Å²) in [6.45, 7) is 11.9. The maximum Gasteiger partial charge on any atom is 0.322 e. The normalized spacial score (nSPS) is 12.6. The van der Waals surface area contributed by atoms with E-state index in [-0.39, 0.29) is 5.97 Å². The van der Waals surface area contributed by atoms with Gasteiger partial charge in [-0.05, 0) is 54.5 Å². The van der Waals surface area contributed by atoms with Crippen molar-refractivity contribution >= 4 is 29.1 Å². The quantitative estimate of drug-likeness (QED) is 0.667. The van der Waals surface area contributed by atoms with E-state index in [2.05, 4.69) is 4.98 Å². The standard InChI is InChI=1S/C14H24N2O2S2/c1-9-10(7-8-15)19-12(16-9)20-14(5,6)11(17)18-13(2,3)4/h7-8,15H2,1-6H3. The Morgan fingerprint density at radius 1 is 1.35 bits per heavy atom. The van der Waals surface area contributed by atoms with Crippen LogP contribution in [0.3, 0.4) is 0 Å². The van der Waals surface area contributed by atoms with Crippen molar-refractivity contribution in [3.05, 3.63) is 10.6 Å². The monoisotopic (exact) mass is 316 g/mol. The third-order valence-corrected chi connectivity index (χ3v) is 4.93. The van der Waals surface area contributed by atoms with Crippen molar-refractivity contribution < 1.29 is 9.53 Å². The number of esters is 1. The molecular formula is C14H24N2O2S2. The number of nitrogens with zero attached hydrogens (tertiary/aromatic N) is 1. The van der Waals surface area contributed by atoms with E-state index >= 15 is 0 Å². The number of thioether (sulfide) groups is 1. The number of carbonyl (C=O) groups excluding carboxylic acids is 1. The Bertz CT molecular complexity index is 476. The van der Waals surface area contributed by atoms with Crippen LogP contribution in [0.5, 0.6) is 0 Å². The van der Waals surface area contributed by atoms with Crippen LogP contribution >= 0.6 is 23.1 Å². The molecule has 2 N–H and O–H groups in total. The average Bonchev–Trinajstić information content (AvgIpc) is 2.56. The fourth-order valence-electron chi connectivity index (χ4n) is 1.47. The minimum Gasteiger partial charge on any atom is -0.459 e. The van der Waals surface area contributed by atoms with E-state index in [0.717, 1.165) is 16.5 Å². The lowest BCUT2D eigenvalue weighted by molar-refractivity contribution is -0.156. The Hall–Kier alpha value is -0.590. The lowest BCUT2D eigenvalue weighted by Gasteiger charge is -2.27. The number of carbonyl (C=O) groups is 1. The second kappa shape index (κ2) is 6.45. The van der Waals surface area contributed by atoms with E-state index in [9.17, 15) is 4.79 Å². The molecule has 1 aromatic heterocycles. The minimum absolute atomic E-state index is 0.219. The summed E-state index contributed by atoms with van der Waals surface area (Å²) >= 11 is 3.06. The van der Waals surface area contributed by atoms with Gasteiger partial charge in [0.25, 0.3) is 0 Å². The second-order valence-electron chi connectivity index (χ2n) is 6.14. The molecule has 0 spiro atoms. The summed E-state index contributed by atoms with van der Waals surface area (Å²) < 4.78 is 5.69. The Kier molecular flexibility index (Phi) is 5.63. The molecule has 4 nitrogen and oxygen atoms in total. The Labute approximate surface area is 129 Å². The zero-order valence-corrected chi connectivity index (χ0v) is 14.7. The van der Waals surface area contributed by atoms with E-state index in [1.807, 2.05) is 41.5 Å². The van der Waals surface area contributed by atoms with E-state index in [0.29, 0.717) is 6.54 Å². The molecule has 0 saturated carbocycles. The number of ether oxygens (including phenoxy) is 1. The summed E-state index contributed by atoms with van der Waals surface area (Å²) in [4.78, 5) is 17.9. The van der Waals surface area contributed by atoms with Gasteiger partial charge < -0.3 is 10.5 Å². The van der Waals surface area contributed by atoms with Gasteiger partial charge in [0.1, 0.15) is 10.3 Å². The third kappa shape index (κ3) is 5.07. The van der Waals surface area contributed by atoms with Gasteiger partial charge in [-0.2, -0.15) is 0 Å². The van der Waals surface area contributed by atoms with Crippen LogP contribution in [0.1, 0.15) is 45.2 Å². The average molecular weight is 316 g/mol. The van der Waals surface area contributed by atoms with Gasteiger partial charge in [-0.1, -0.05) is 11.8 Å². The predicted octanol–water partition coefficient (Wildman–Crippen LogP) is 3.17. The van der Waals surface area contributed by atoms with Crippen LogP contribution in [0.4, 0.5) is 0 Å². The fraction of sp³-hybridized carbons (Fsp3) is 0.714. The smallest absolute Gasteiger partial charge is 0.322 e. The van der Waals surface area contributed by atoms with Crippen molar-refractivity contribution in [3.8, 4) is 0 Å². The van der Waals surface area contributed by atoms with E-state index in [1.54, 1.807) is 11.3 Å². The van der Waals surface area contributed by atoms with Crippen LogP contribution in [0, 0.1) is 6.92 Å². The topological polar surface area (TPSA) is 65.2 Å². The summed E-state index contributed by atoms with van der Waals surface area (Å²) in [5, 5.41) is 0. The van der Waals surface area contributed by atoms with Crippen LogP contribution in [0.2, 0.25) is 0 Å². The molecule has 6 heteroatoms. The molecule has 0 unspecified atom stereocenters. The first-order valence-corrected chi connectivity index (χ1v) is 8.27. The lowest BCUT2D eigenvalue weighted by Crippen LogP contribution is -2.36. The molecule has 0 bridgehead atoms. The van der Waals surface area contributed by atoms with Crippen LogP contribution < -0.4 is 5.73 Å². The lowest BCUT2D eigenvalue weighted by atomic mass is 10.1. The zero-order chi connectivity index (χ0) is 15.6. The molecule has 114 valence electrons. The number of rotatable bonds is 5. The van der Waals surface area contributed by atoms with Gasteiger partial charge in [0.15, 0.2) is 4.34 Å². The van der Waals surface area contributed by atoms with Crippen molar-refractivity contribution in [2.24, 2.45) is 5.73 Å². The largest absolute Gasteiger partial charge is 0.459 e. The highest BCUT2D eigenvalue weighted by molar-refractivity contribution is 8.03. The molecule has 0 saturated heterocycles. The molecule has 0 aromatic carbocycles. The number of hydrogen-bond donors (Lipinski definition) is 1. The van der Waals surface area contributed by atoms with E-state index < -0.39 is 10.3 Å². The van der Waals surface area contributed by atoms with Crippen LogP contribution in [-0.4, -0.2) is 27.8 Å². The van der Waals surface area contributed by atoms with Gasteiger partial charge in [0, 0.05) is 4.88 Å². The van der Waals surface area contributed by atoms with Gasteiger partial charge in [-0.3, -0.25) is 4.79 Å². The summed E-state index contributed by atoms with van der Waals surface area (Å²) in [7, 11) is 0. The molecule has 1 aromatic rings. The Morgan fingerprint density at radius 2 is 1.95 bits per heavy atom. The number of hydrogen-bond acceptors (Lipinski definition) is 6. The maximum absolute atomic E-state index is 12.2. The van der Waals surface area contributed by atoms with Gasteiger partial charge in [-0.25, -0.2) is 4.98 Å². The molecule has 1 rings (SSSR count). The van der Waals surface area contributed by atoms with Gasteiger partial charge >= 0.3 is 5.97 Å². The summed E-state index contributed by atoms with van der Waals surface area (Å²) in [6, 6.07) is 0. The number of aromatic nitrogens is 1. The number of thiazole rings is 1. The van der Waals surface area contributed by atoms with Crippen molar-refractivity contribution in [1.82, 2.24) is 4.98 Å². The van der Waals surface area contributed by atoms with Crippen LogP contribution in [-0.2, 0) is 16.0 Å². The fourth-order valence-corrected chi connectivity index (χ4v) is 4.11. The zero-order valence-electron chi connectivity index (χ0n) is 13.1. The first-order valence-electron chi connectivity index (χ1n) is 6.64. The Morgan fingerprint density at radius 3 is 2.45 bits per heavy atom. The van der Waals surface area contributed by atoms with Crippen LogP contribution in [0.25, 0.3) is 0 Å². The molecule has 0 aliphatic rings. The molecule has 0 amide bonds. The molecule has 0 atom stereocenters. The summed E-state index contributed by atoms with van der Waals surface area (Å²) in [5.74, 6) is -0.219. The SMILES string of the molecule is Cc1nc(SC(C)(C)C(=O)OC(C)(C)C)sc1CCN. The maximum atomic E-state index is 12.2. The van der Waals surface area contributed by atoms with Crippen molar-refractivity contribution in [1.29, 1.82) is 0 Å². The van der Waals surface area contributed by atoms with Crippen molar-refractivity contribution in [2.45, 2.75) is 62.7 Å². The first-order chi connectivity index (χ1) is 9.05. The third-order valence-electron chi connectivity index (χ3n) is 2.48. The van der Waals surface area contributed by atoms with Gasteiger partial charge in [0.2, 0.25) is 0 Å². The van der Waals surface area contributed by atoms with E-state index in [1.165, 1.54) is 16.6 Å². The molecule has 20 heavy (non-hydrogen) atoms. The number of nitrogens with two attached hydrogens (primary N) is 1. The minimum atomic E-state index is -0.655. The highest BCUT2D eigenvalue weighted by Crippen LogP contribution is 2.37. The Balaban J connectivity index is 2.80. The highest BCUT2D eigenvalue weighted by atomic mass is 32.2. The van der Waals surface area contributed by atoms with Gasteiger partial charge in [-0.15, -0.1) is 11.3 Å². The molecule has 0 radical (unpaired) electrons. The molecule has 0 aliphatic heterocycles. The van der Waals surface area contributed by atoms with Crippen LogP contribution in [0.15, 0.2) is 4.34 Å². The van der Waals surface area contributed by atoms with E-state index in [4.69, 9.17) is 10.5 Å². The molecule has 0 aliphatic carbocycles. The predicted molar refractivity (Wildman–Crippen MR) is 85.4 cm³/mol. The van der Waals surface area contributed by atoms with Crippen molar-refractivity contribution in [3.63, 3.8) is 0 Å². The molecule has 0 fully saturated rings. The summed E-state index contributed by atoms with van der Waals surface area (Å²) in [6.07, 6.45) is 0.830. The molecule has 1 heterocycles. The van der Waals surface area contributed by atoms with Gasteiger partial charge in [0.05, 0.1) is 5.69 Å². The highest BCUT2D eigenvalue weighted by Gasteiger charge is 2.34. The second-order valence-corrected chi connectivity index (χ2v) is 9.09. The molecular weight excluding hydrogens is 292 g/mol. The number of aryl methyl sites for hydroxylation is 1. The summed E-state index contributed by atoms with van der Waals surface area (Å²) in [5.41, 5.74) is 6.11. The first kappa shape index (κ1) is 17.5.